The number of hydrogen-bond acceptors (Lipinski definition) is 4. The summed E-state index contributed by atoms with van der Waals surface area (Å²) < 4.78 is 1.79. The molecule has 0 aliphatic carbocycles. The molecule has 3 heterocycles. The number of nitrogens with zero attached hydrogens (tertiary/aromatic N) is 4. The van der Waals surface area contributed by atoms with Crippen molar-refractivity contribution in [3.05, 3.63) is 72.8 Å². The van der Waals surface area contributed by atoms with Crippen LogP contribution in [0, 0.1) is 0 Å². The summed E-state index contributed by atoms with van der Waals surface area (Å²) in [6.45, 7) is 0.369. The number of carbonyl (C=O) groups is 1. The largest absolute Gasteiger partial charge is 0.334 e. The van der Waals surface area contributed by atoms with E-state index >= 15 is 0 Å². The standard InChI is InChI=1S/C20H18N6O/c1-26-19(7-9-24-26)15-10-14(11-21-13-15)12-23-20(27)25-18-6-2-5-17-16(18)4-3-8-22-17/h2-11,13H,12H2,1H3,(H2,23,25,27). The second-order valence-electron chi connectivity index (χ2n) is 6.11. The van der Waals surface area contributed by atoms with Gasteiger partial charge in [0.25, 0.3) is 0 Å². The second-order valence-corrected chi connectivity index (χ2v) is 6.11. The van der Waals surface area contributed by atoms with Gasteiger partial charge in [-0.25, -0.2) is 4.79 Å². The molecule has 3 aromatic heterocycles. The van der Waals surface area contributed by atoms with Crippen LogP contribution in [0.2, 0.25) is 0 Å². The summed E-state index contributed by atoms with van der Waals surface area (Å²) in [6, 6.07) is 13.0. The lowest BCUT2D eigenvalue weighted by atomic mass is 10.1. The smallest absolute Gasteiger partial charge is 0.319 e. The summed E-state index contributed by atoms with van der Waals surface area (Å²) in [7, 11) is 1.88. The van der Waals surface area contributed by atoms with Crippen molar-refractivity contribution >= 4 is 22.6 Å². The molecule has 0 aliphatic rings. The Morgan fingerprint density at radius 2 is 2.04 bits per heavy atom. The van der Waals surface area contributed by atoms with Crippen LogP contribution in [0.4, 0.5) is 10.5 Å². The minimum atomic E-state index is -0.280. The summed E-state index contributed by atoms with van der Waals surface area (Å²) in [5.41, 5.74) is 4.39. The third kappa shape index (κ3) is 3.62. The van der Waals surface area contributed by atoms with Gasteiger partial charge in [-0.05, 0) is 42.0 Å². The maximum absolute atomic E-state index is 12.3. The molecule has 0 radical (unpaired) electrons. The SMILES string of the molecule is Cn1nccc1-c1cncc(CNC(=O)Nc2cccc3ncccc23)c1. The fraction of sp³-hybridized carbons (Fsp3) is 0.100. The van der Waals surface area contributed by atoms with Crippen LogP contribution in [0.3, 0.4) is 0 Å². The summed E-state index contributed by atoms with van der Waals surface area (Å²) in [6.07, 6.45) is 6.99. The van der Waals surface area contributed by atoms with Gasteiger partial charge >= 0.3 is 6.03 Å². The van der Waals surface area contributed by atoms with Gasteiger partial charge in [-0.15, -0.1) is 0 Å². The van der Waals surface area contributed by atoms with E-state index in [2.05, 4.69) is 25.7 Å². The Hall–Kier alpha value is -3.74. The van der Waals surface area contributed by atoms with Crippen LogP contribution < -0.4 is 10.6 Å². The highest BCUT2D eigenvalue weighted by Gasteiger charge is 2.07. The lowest BCUT2D eigenvalue weighted by Crippen LogP contribution is -2.28. The van der Waals surface area contributed by atoms with Gasteiger partial charge in [-0.2, -0.15) is 5.10 Å². The average Bonchev–Trinajstić information content (AvgIpc) is 3.13. The second kappa shape index (κ2) is 7.25. The van der Waals surface area contributed by atoms with Crippen LogP contribution in [0.15, 0.2) is 67.3 Å². The van der Waals surface area contributed by atoms with Gasteiger partial charge in [0.2, 0.25) is 0 Å². The molecule has 134 valence electrons. The third-order valence-electron chi connectivity index (χ3n) is 4.26. The van der Waals surface area contributed by atoms with Crippen molar-refractivity contribution in [2.45, 2.75) is 6.54 Å². The first-order chi connectivity index (χ1) is 13.2. The van der Waals surface area contributed by atoms with E-state index in [4.69, 9.17) is 0 Å². The van der Waals surface area contributed by atoms with Crippen LogP contribution in [0.25, 0.3) is 22.2 Å². The number of pyridine rings is 2. The first-order valence-electron chi connectivity index (χ1n) is 8.51. The van der Waals surface area contributed by atoms with Crippen molar-refractivity contribution in [2.24, 2.45) is 7.05 Å². The van der Waals surface area contributed by atoms with E-state index in [1.807, 2.05) is 49.5 Å². The molecule has 1 aromatic carbocycles. The fourth-order valence-corrected chi connectivity index (χ4v) is 2.94. The Balaban J connectivity index is 1.44. The van der Waals surface area contributed by atoms with Crippen LogP contribution in [-0.4, -0.2) is 25.8 Å². The van der Waals surface area contributed by atoms with E-state index in [0.717, 1.165) is 33.4 Å². The molecular formula is C20H18N6O. The lowest BCUT2D eigenvalue weighted by molar-refractivity contribution is 0.252. The van der Waals surface area contributed by atoms with Gasteiger partial charge in [-0.1, -0.05) is 6.07 Å². The minimum absolute atomic E-state index is 0.280. The number of fused-ring (bicyclic) bond motifs is 1. The van der Waals surface area contributed by atoms with Crippen molar-refractivity contribution in [2.75, 3.05) is 5.32 Å². The van der Waals surface area contributed by atoms with Crippen LogP contribution in [-0.2, 0) is 13.6 Å². The highest BCUT2D eigenvalue weighted by molar-refractivity contribution is 6.00. The number of benzene rings is 1. The molecule has 7 heteroatoms. The average molecular weight is 358 g/mol. The monoisotopic (exact) mass is 358 g/mol. The van der Waals surface area contributed by atoms with Gasteiger partial charge in [-0.3, -0.25) is 14.6 Å². The van der Waals surface area contributed by atoms with Crippen LogP contribution in [0.1, 0.15) is 5.56 Å². The van der Waals surface area contributed by atoms with Crippen molar-refractivity contribution in [1.82, 2.24) is 25.1 Å². The van der Waals surface area contributed by atoms with Gasteiger partial charge < -0.3 is 10.6 Å². The van der Waals surface area contributed by atoms with Crippen molar-refractivity contribution in [3.8, 4) is 11.3 Å². The Morgan fingerprint density at radius 3 is 2.89 bits per heavy atom. The first-order valence-corrected chi connectivity index (χ1v) is 8.51. The number of aryl methyl sites for hydroxylation is 1. The van der Waals surface area contributed by atoms with E-state index in [1.165, 1.54) is 0 Å². The number of hydrogen-bond donors (Lipinski definition) is 2. The Bertz CT molecular complexity index is 1100. The first kappa shape index (κ1) is 16.7. The summed E-state index contributed by atoms with van der Waals surface area (Å²) in [5, 5.41) is 10.8. The molecule has 0 spiro atoms. The Labute approximate surface area is 156 Å². The number of urea groups is 1. The number of anilines is 1. The van der Waals surface area contributed by atoms with Gasteiger partial charge in [0.05, 0.1) is 16.9 Å². The Kier molecular flexibility index (Phi) is 4.49. The number of aromatic nitrogens is 4. The van der Waals surface area contributed by atoms with Crippen LogP contribution in [0.5, 0.6) is 0 Å². The molecule has 2 amide bonds. The highest BCUT2D eigenvalue weighted by Crippen LogP contribution is 2.21. The van der Waals surface area contributed by atoms with E-state index in [-0.39, 0.29) is 6.03 Å². The molecule has 27 heavy (non-hydrogen) atoms. The highest BCUT2D eigenvalue weighted by atomic mass is 16.2. The maximum atomic E-state index is 12.3. The molecule has 0 aliphatic heterocycles. The molecule has 4 rings (SSSR count). The molecular weight excluding hydrogens is 340 g/mol. The van der Waals surface area contributed by atoms with E-state index < -0.39 is 0 Å². The predicted molar refractivity (Wildman–Crippen MR) is 104 cm³/mol. The summed E-state index contributed by atoms with van der Waals surface area (Å²) in [4.78, 5) is 20.9. The van der Waals surface area contributed by atoms with E-state index in [0.29, 0.717) is 6.54 Å². The molecule has 7 nitrogen and oxygen atoms in total. The van der Waals surface area contributed by atoms with Crippen LogP contribution >= 0.6 is 0 Å². The number of rotatable bonds is 4. The lowest BCUT2D eigenvalue weighted by Gasteiger charge is -2.10. The van der Waals surface area contributed by atoms with Gasteiger partial charge in [0.15, 0.2) is 0 Å². The quantitative estimate of drug-likeness (QED) is 0.586. The fourth-order valence-electron chi connectivity index (χ4n) is 2.94. The van der Waals surface area contributed by atoms with Crippen molar-refractivity contribution in [1.29, 1.82) is 0 Å². The van der Waals surface area contributed by atoms with Gasteiger partial charge in [0.1, 0.15) is 0 Å². The van der Waals surface area contributed by atoms with E-state index in [1.54, 1.807) is 29.5 Å². The zero-order chi connectivity index (χ0) is 18.6. The van der Waals surface area contributed by atoms with E-state index in [9.17, 15) is 4.79 Å². The number of amides is 2. The number of nitrogens with one attached hydrogen (secondary N) is 2. The minimum Gasteiger partial charge on any atom is -0.334 e. The molecule has 2 N–H and O–H groups in total. The summed E-state index contributed by atoms with van der Waals surface area (Å²) >= 11 is 0. The van der Waals surface area contributed by atoms with Crippen molar-refractivity contribution < 1.29 is 4.79 Å². The molecule has 0 unspecified atom stereocenters. The predicted octanol–water partition coefficient (Wildman–Crippen LogP) is 3.35. The topological polar surface area (TPSA) is 84.7 Å². The molecule has 0 saturated heterocycles. The van der Waals surface area contributed by atoms with Gasteiger partial charge in [0, 0.05) is 49.3 Å². The maximum Gasteiger partial charge on any atom is 0.319 e. The van der Waals surface area contributed by atoms with Crippen molar-refractivity contribution in [3.63, 3.8) is 0 Å². The molecule has 0 atom stereocenters. The zero-order valence-corrected chi connectivity index (χ0v) is 14.8. The Morgan fingerprint density at radius 1 is 1.11 bits per heavy atom. The molecule has 0 fully saturated rings. The molecule has 0 bridgehead atoms. The third-order valence-corrected chi connectivity index (χ3v) is 4.26. The molecule has 0 saturated carbocycles. The molecule has 4 aromatic rings. The number of carbonyl (C=O) groups excluding carboxylic acids is 1. The summed E-state index contributed by atoms with van der Waals surface area (Å²) in [5.74, 6) is 0. The zero-order valence-electron chi connectivity index (χ0n) is 14.8. The normalized spacial score (nSPS) is 10.7.